The van der Waals surface area contributed by atoms with E-state index in [0.717, 1.165) is 28.7 Å². The van der Waals surface area contributed by atoms with Gasteiger partial charge in [0.05, 0.1) is 5.57 Å². The van der Waals surface area contributed by atoms with Gasteiger partial charge in [0.2, 0.25) is 0 Å². The first-order valence-corrected chi connectivity index (χ1v) is 12.5. The summed E-state index contributed by atoms with van der Waals surface area (Å²) in [6.45, 7) is 1.71. The van der Waals surface area contributed by atoms with E-state index in [9.17, 15) is 9.59 Å². The smallest absolute Gasteiger partial charge is 0.355 e. The molecule has 0 aliphatic heterocycles. The molecule has 0 spiro atoms. The quantitative estimate of drug-likeness (QED) is 0.244. The van der Waals surface area contributed by atoms with Crippen molar-refractivity contribution in [2.24, 2.45) is 17.5 Å². The van der Waals surface area contributed by atoms with Crippen LogP contribution in [0.25, 0.3) is 0 Å². The van der Waals surface area contributed by atoms with Gasteiger partial charge in [-0.3, -0.25) is 9.78 Å². The fourth-order valence-corrected chi connectivity index (χ4v) is 4.95. The fourth-order valence-electron chi connectivity index (χ4n) is 4.95. The first-order valence-electron chi connectivity index (χ1n) is 12.5. The van der Waals surface area contributed by atoms with E-state index in [2.05, 4.69) is 0 Å². The Morgan fingerprint density at radius 3 is 2.19 bits per heavy atom. The third-order valence-corrected chi connectivity index (χ3v) is 6.83. The van der Waals surface area contributed by atoms with Gasteiger partial charge in [-0.25, -0.2) is 9.59 Å². The molecule has 192 valence electrons. The highest BCUT2D eigenvalue weighted by Crippen LogP contribution is 2.37. The summed E-state index contributed by atoms with van der Waals surface area (Å²) in [4.78, 5) is 39.4. The number of hydrogen-bond acceptors (Lipinski definition) is 7. The average molecular weight is 501 g/mol. The van der Waals surface area contributed by atoms with Gasteiger partial charge < -0.3 is 10.6 Å². The summed E-state index contributed by atoms with van der Waals surface area (Å²) in [6.07, 6.45) is 2.88. The normalized spacial score (nSPS) is 15.4. The lowest BCUT2D eigenvalue weighted by atomic mass is 9.78. The van der Waals surface area contributed by atoms with Crippen molar-refractivity contribution in [1.29, 1.82) is 0 Å². The molecule has 0 fully saturated rings. The Balaban J connectivity index is 1.63. The Kier molecular flexibility index (Phi) is 8.59. The first kappa shape index (κ1) is 26.0. The minimum atomic E-state index is -0.622. The molecule has 0 bridgehead atoms. The summed E-state index contributed by atoms with van der Waals surface area (Å²) in [5, 5.41) is 0. The van der Waals surface area contributed by atoms with E-state index < -0.39 is 11.9 Å². The maximum atomic E-state index is 12.9. The summed E-state index contributed by atoms with van der Waals surface area (Å²) in [5.41, 5.74) is 11.6. The zero-order chi connectivity index (χ0) is 26.2. The monoisotopic (exact) mass is 500 g/mol. The van der Waals surface area contributed by atoms with Crippen molar-refractivity contribution >= 4 is 11.9 Å². The molecular formula is C30H32N2O5. The van der Waals surface area contributed by atoms with Gasteiger partial charge >= 0.3 is 11.9 Å². The molecular weight excluding hydrogens is 468 g/mol. The van der Waals surface area contributed by atoms with Gasteiger partial charge in [0.1, 0.15) is 0 Å². The van der Waals surface area contributed by atoms with Gasteiger partial charge in [-0.15, -0.1) is 0 Å². The van der Waals surface area contributed by atoms with E-state index in [-0.39, 0.29) is 18.3 Å². The molecule has 0 amide bonds. The van der Waals surface area contributed by atoms with Crippen LogP contribution in [0.15, 0.2) is 90.1 Å². The van der Waals surface area contributed by atoms with Gasteiger partial charge in [-0.1, -0.05) is 79.7 Å². The predicted molar refractivity (Wildman–Crippen MR) is 140 cm³/mol. The second kappa shape index (κ2) is 12.2. The minimum Gasteiger partial charge on any atom is -0.401 e. The number of rotatable bonds is 9. The van der Waals surface area contributed by atoms with Crippen LogP contribution in [0.1, 0.15) is 54.4 Å². The molecule has 37 heavy (non-hydrogen) atoms. The van der Waals surface area contributed by atoms with E-state index in [1.165, 1.54) is 0 Å². The summed E-state index contributed by atoms with van der Waals surface area (Å²) >= 11 is 0. The number of nitrogens with two attached hydrogens (primary N) is 2. The highest BCUT2D eigenvalue weighted by atomic mass is 17.2. The van der Waals surface area contributed by atoms with Gasteiger partial charge in [0.25, 0.3) is 0 Å². The Morgan fingerprint density at radius 1 is 0.946 bits per heavy atom. The zero-order valence-corrected chi connectivity index (χ0v) is 20.9. The van der Waals surface area contributed by atoms with Crippen molar-refractivity contribution in [3.8, 4) is 5.75 Å². The zero-order valence-electron chi connectivity index (χ0n) is 20.9. The van der Waals surface area contributed by atoms with Crippen LogP contribution in [0.2, 0.25) is 0 Å². The molecule has 1 atom stereocenters. The van der Waals surface area contributed by atoms with Crippen molar-refractivity contribution in [1.82, 2.24) is 0 Å². The topological polar surface area (TPSA) is 114 Å². The number of allylic oxidation sites excluding steroid dienone is 1. The molecule has 7 heteroatoms. The second-order valence-corrected chi connectivity index (χ2v) is 9.19. The van der Waals surface area contributed by atoms with E-state index in [1.807, 2.05) is 72.8 Å². The predicted octanol–water partition coefficient (Wildman–Crippen LogP) is 4.89. The molecule has 1 unspecified atom stereocenters. The van der Waals surface area contributed by atoms with Crippen molar-refractivity contribution in [3.05, 3.63) is 112 Å². The van der Waals surface area contributed by atoms with Gasteiger partial charge in [-0.05, 0) is 54.4 Å². The molecule has 3 aromatic carbocycles. The van der Waals surface area contributed by atoms with Gasteiger partial charge in [-0.2, -0.15) is 5.90 Å². The van der Waals surface area contributed by atoms with Crippen LogP contribution in [0.3, 0.4) is 0 Å². The molecule has 0 heterocycles. The summed E-state index contributed by atoms with van der Waals surface area (Å²) in [5.74, 6) is 4.68. The Hall–Kier alpha value is -4.10. The molecule has 0 saturated carbocycles. The number of fused-ring (bicyclic) bond motifs is 1. The summed E-state index contributed by atoms with van der Waals surface area (Å²) < 4.78 is 0. The molecule has 3 aromatic rings. The van der Waals surface area contributed by atoms with Crippen molar-refractivity contribution in [2.75, 3.05) is 0 Å². The highest BCUT2D eigenvalue weighted by Gasteiger charge is 2.29. The lowest BCUT2D eigenvalue weighted by Gasteiger charge is -2.28. The lowest BCUT2D eigenvalue weighted by molar-refractivity contribution is -0.213. The third-order valence-electron chi connectivity index (χ3n) is 6.83. The second-order valence-electron chi connectivity index (χ2n) is 9.19. The minimum absolute atomic E-state index is 0.140. The van der Waals surface area contributed by atoms with E-state index in [0.29, 0.717) is 36.3 Å². The molecule has 7 nitrogen and oxygen atoms in total. The number of hydrogen-bond donors (Lipinski definition) is 2. The average Bonchev–Trinajstić information content (AvgIpc) is 2.95. The summed E-state index contributed by atoms with van der Waals surface area (Å²) in [7, 11) is 0. The van der Waals surface area contributed by atoms with Crippen LogP contribution in [0.5, 0.6) is 5.75 Å². The maximum absolute atomic E-state index is 12.9. The Morgan fingerprint density at radius 2 is 1.59 bits per heavy atom. The van der Waals surface area contributed by atoms with Gasteiger partial charge in [0.15, 0.2) is 5.75 Å². The van der Waals surface area contributed by atoms with Crippen molar-refractivity contribution in [3.63, 3.8) is 0 Å². The first-order chi connectivity index (χ1) is 18.0. The van der Waals surface area contributed by atoms with Crippen LogP contribution >= 0.6 is 0 Å². The van der Waals surface area contributed by atoms with Crippen molar-refractivity contribution in [2.45, 2.75) is 44.9 Å². The largest absolute Gasteiger partial charge is 0.401 e. The third kappa shape index (κ3) is 6.19. The fraction of sp³-hybridized carbons (Fsp3) is 0.267. The van der Waals surface area contributed by atoms with Crippen LogP contribution in [0.4, 0.5) is 0 Å². The molecule has 1 aliphatic carbocycles. The molecule has 1 aliphatic rings. The standard InChI is InChI=1S/C30H32N2O5/c1-2-27(33)37-36-26-15-9-14-23-18-20(16-17-24(23)26)19-25(30(34)35-32)29(31)28(21-10-5-3-6-11-21)22-12-7-4-8-13-22/h3-15,20,28H,2,16-19,31-32H2,1H3. The number of carbonyl (C=O) groups excluding carboxylic acids is 2. The van der Waals surface area contributed by atoms with E-state index >= 15 is 0 Å². The Labute approximate surface area is 216 Å². The molecule has 0 aromatic heterocycles. The van der Waals surface area contributed by atoms with Crippen LogP contribution in [-0.4, -0.2) is 11.9 Å². The van der Waals surface area contributed by atoms with Gasteiger partial charge in [0, 0.05) is 23.6 Å². The van der Waals surface area contributed by atoms with Crippen LogP contribution in [-0.2, 0) is 32.2 Å². The molecule has 4 rings (SSSR count). The number of benzene rings is 3. The van der Waals surface area contributed by atoms with E-state index in [4.69, 9.17) is 26.2 Å². The van der Waals surface area contributed by atoms with Crippen molar-refractivity contribution < 1.29 is 24.2 Å². The number of carbonyl (C=O) groups is 2. The SMILES string of the molecule is CCC(=O)OOc1cccc2c1CCC(CC(C(=O)ON)=C(N)C(c1ccccc1)c1ccccc1)C2. The summed E-state index contributed by atoms with van der Waals surface area (Å²) in [6, 6.07) is 25.4. The molecule has 4 N–H and O–H groups in total. The molecule has 0 saturated heterocycles. The van der Waals surface area contributed by atoms with E-state index in [1.54, 1.807) is 13.0 Å². The molecule has 0 radical (unpaired) electrons. The Bertz CT molecular complexity index is 1220. The highest BCUT2D eigenvalue weighted by molar-refractivity contribution is 5.89. The van der Waals surface area contributed by atoms with Crippen LogP contribution < -0.4 is 16.5 Å². The lowest BCUT2D eigenvalue weighted by Crippen LogP contribution is -2.25. The van der Waals surface area contributed by atoms with Crippen LogP contribution in [0, 0.1) is 5.92 Å². The maximum Gasteiger partial charge on any atom is 0.355 e.